The Kier molecular flexibility index (Phi) is 8.29. The molecule has 1 amide bonds. The molecule has 0 aromatic rings. The normalized spacial score (nSPS) is 38.5. The fraction of sp³-hybridized carbons (Fsp3) is 0.960. The molecule has 5 rings (SSSR count). The molecule has 5 aliphatic rings. The Morgan fingerprint density at radius 2 is 1.74 bits per heavy atom. The predicted octanol–water partition coefficient (Wildman–Crippen LogP) is 1.70. The number of carbonyl (C=O) groups excluding carboxylic acids is 1. The van der Waals surface area contributed by atoms with E-state index in [1.165, 1.54) is 7.05 Å². The molecule has 3 N–H and O–H groups in total. The molecule has 14 heteroatoms. The number of hydrogen-bond donors (Lipinski definition) is 3. The number of hydrogen-bond acceptors (Lipinski definition) is 8. The highest BCUT2D eigenvalue weighted by Crippen LogP contribution is 2.43. The molecule has 5 aliphatic heterocycles. The van der Waals surface area contributed by atoms with E-state index in [9.17, 15) is 26.4 Å². The van der Waals surface area contributed by atoms with Crippen LogP contribution in [0.3, 0.4) is 0 Å². The van der Waals surface area contributed by atoms with Crippen LogP contribution in [-0.4, -0.2) is 109 Å². The lowest BCUT2D eigenvalue weighted by atomic mass is 9.72. The third-order valence-corrected chi connectivity index (χ3v) is 11.8. The van der Waals surface area contributed by atoms with E-state index in [1.54, 1.807) is 0 Å². The van der Waals surface area contributed by atoms with Gasteiger partial charge in [0, 0.05) is 57.0 Å². The van der Waals surface area contributed by atoms with Crippen molar-refractivity contribution >= 4 is 27.3 Å². The number of likely N-dealkylation sites (tertiary alicyclic amines) is 1. The number of amides is 1. The molecule has 5 saturated heterocycles. The highest BCUT2D eigenvalue weighted by Gasteiger charge is 2.55. The molecule has 0 spiro atoms. The largest absolute Gasteiger partial charge is 0.409 e. The lowest BCUT2D eigenvalue weighted by molar-refractivity contribution is -0.202. The second-order valence-corrected chi connectivity index (χ2v) is 15.6. The smallest absolute Gasteiger partial charge is 0.333 e. The molecule has 6 unspecified atom stereocenters. The first kappa shape index (κ1) is 29.8. The summed E-state index contributed by atoms with van der Waals surface area (Å²) in [5, 5.41) is 9.29. The first-order chi connectivity index (χ1) is 18.2. The molecule has 39 heavy (non-hydrogen) atoms. The second kappa shape index (κ2) is 10.9. The second-order valence-electron chi connectivity index (χ2n) is 12.8. The molecule has 9 nitrogen and oxygen atoms in total. The summed E-state index contributed by atoms with van der Waals surface area (Å²) in [6.07, 6.45) is -1.61. The van der Waals surface area contributed by atoms with E-state index in [0.717, 1.165) is 30.8 Å². The number of sulfone groups is 1. The summed E-state index contributed by atoms with van der Waals surface area (Å²) in [7, 11) is -1.98. The summed E-state index contributed by atoms with van der Waals surface area (Å²) in [4.78, 5) is 16.3. The van der Waals surface area contributed by atoms with Gasteiger partial charge in [0.05, 0.1) is 29.3 Å². The number of piperidine rings is 2. The number of fused-ring (bicyclic) bond motifs is 3. The van der Waals surface area contributed by atoms with Crippen molar-refractivity contribution in [3.05, 3.63) is 0 Å². The molecule has 7 atom stereocenters. The predicted molar refractivity (Wildman–Crippen MR) is 142 cm³/mol. The summed E-state index contributed by atoms with van der Waals surface area (Å²) in [6.45, 7) is 6.36. The number of halogens is 4. The van der Waals surface area contributed by atoms with Crippen molar-refractivity contribution in [1.29, 1.82) is 0 Å². The van der Waals surface area contributed by atoms with Crippen LogP contribution in [0.25, 0.3) is 0 Å². The number of nitrogens with one attached hydrogen (secondary N) is 3. The average Bonchev–Trinajstić information content (AvgIpc) is 3.23. The van der Waals surface area contributed by atoms with E-state index in [1.807, 2.05) is 0 Å². The number of hydrazine groups is 1. The van der Waals surface area contributed by atoms with Crippen LogP contribution < -0.4 is 16.1 Å². The summed E-state index contributed by atoms with van der Waals surface area (Å²) in [5.74, 6) is -2.36. The fourth-order valence-electron chi connectivity index (χ4n) is 7.72. The molecule has 5 heterocycles. The minimum atomic E-state index is -4.58. The van der Waals surface area contributed by atoms with Crippen molar-refractivity contribution < 1.29 is 26.4 Å². The van der Waals surface area contributed by atoms with E-state index in [0.29, 0.717) is 12.8 Å². The van der Waals surface area contributed by atoms with Gasteiger partial charge < -0.3 is 10.2 Å². The molecule has 0 aromatic carbocycles. The van der Waals surface area contributed by atoms with Gasteiger partial charge in [0.15, 0.2) is 0 Å². The molecule has 5 fully saturated rings. The van der Waals surface area contributed by atoms with Crippen molar-refractivity contribution in [2.45, 2.75) is 94.5 Å². The Balaban J connectivity index is 1.25. The zero-order valence-corrected chi connectivity index (χ0v) is 24.5. The number of carbonyl (C=O) groups is 1. The van der Waals surface area contributed by atoms with Gasteiger partial charge in [0.1, 0.15) is 15.9 Å². The lowest BCUT2D eigenvalue weighted by Gasteiger charge is -2.59. The van der Waals surface area contributed by atoms with E-state index in [4.69, 9.17) is 11.6 Å². The minimum Gasteiger partial charge on any atom is -0.333 e. The molecule has 0 aromatic heterocycles. The van der Waals surface area contributed by atoms with E-state index >= 15 is 0 Å². The fourth-order valence-corrected chi connectivity index (χ4v) is 9.49. The van der Waals surface area contributed by atoms with Crippen LogP contribution in [0.2, 0.25) is 0 Å². The van der Waals surface area contributed by atoms with Crippen LogP contribution in [0.15, 0.2) is 0 Å². The van der Waals surface area contributed by atoms with Crippen LogP contribution in [-0.2, 0) is 14.6 Å². The molecular formula is C25H42ClF3N6O3S. The van der Waals surface area contributed by atoms with Crippen LogP contribution in [0.4, 0.5) is 13.2 Å². The molecule has 0 aliphatic carbocycles. The quantitative estimate of drug-likeness (QED) is 0.333. The summed E-state index contributed by atoms with van der Waals surface area (Å²) in [5.41, 5.74) is 3.34. The van der Waals surface area contributed by atoms with Crippen LogP contribution in [0.1, 0.15) is 52.4 Å². The SMILES string of the molecule is CN(C(=O)C1CCS(=O)(=O)CC1)[C@@H](C1CCC(N2CCC(C)(C)C3C2CNC2CC(Cl)NN23)NC1)C(F)(F)F. The summed E-state index contributed by atoms with van der Waals surface area (Å²) >= 11 is 6.42. The molecule has 0 bridgehead atoms. The first-order valence-corrected chi connectivity index (χ1v) is 16.4. The molecular weight excluding hydrogens is 557 g/mol. The minimum absolute atomic E-state index is 0.0453. The van der Waals surface area contributed by atoms with Crippen molar-refractivity contribution in [2.24, 2.45) is 17.3 Å². The lowest BCUT2D eigenvalue weighted by Crippen LogP contribution is -2.75. The number of rotatable bonds is 4. The van der Waals surface area contributed by atoms with Gasteiger partial charge in [-0.2, -0.15) is 13.2 Å². The van der Waals surface area contributed by atoms with Gasteiger partial charge >= 0.3 is 6.18 Å². The monoisotopic (exact) mass is 598 g/mol. The average molecular weight is 599 g/mol. The van der Waals surface area contributed by atoms with Gasteiger partial charge in [-0.25, -0.2) is 18.9 Å². The summed E-state index contributed by atoms with van der Waals surface area (Å²) in [6, 6.07) is -1.51. The van der Waals surface area contributed by atoms with Gasteiger partial charge in [0.25, 0.3) is 0 Å². The van der Waals surface area contributed by atoms with Gasteiger partial charge in [-0.1, -0.05) is 13.8 Å². The van der Waals surface area contributed by atoms with Crippen LogP contribution in [0, 0.1) is 17.3 Å². The van der Waals surface area contributed by atoms with E-state index in [-0.39, 0.29) is 66.2 Å². The Morgan fingerprint density at radius 1 is 1.08 bits per heavy atom. The van der Waals surface area contributed by atoms with Gasteiger partial charge in [-0.05, 0) is 37.5 Å². The Bertz CT molecular complexity index is 1010. The van der Waals surface area contributed by atoms with Gasteiger partial charge in [-0.3, -0.25) is 15.0 Å². The maximum Gasteiger partial charge on any atom is 0.409 e. The van der Waals surface area contributed by atoms with Crippen molar-refractivity contribution in [3.63, 3.8) is 0 Å². The molecule has 0 saturated carbocycles. The Hall–Kier alpha value is -0.700. The maximum absolute atomic E-state index is 14.4. The molecule has 0 radical (unpaired) electrons. The highest BCUT2D eigenvalue weighted by atomic mass is 35.5. The van der Waals surface area contributed by atoms with Crippen molar-refractivity contribution in [3.8, 4) is 0 Å². The van der Waals surface area contributed by atoms with Crippen LogP contribution in [0.5, 0.6) is 0 Å². The summed E-state index contributed by atoms with van der Waals surface area (Å²) < 4.78 is 66.6. The third-order valence-electron chi connectivity index (χ3n) is 9.80. The van der Waals surface area contributed by atoms with E-state index in [2.05, 4.69) is 39.8 Å². The van der Waals surface area contributed by atoms with Gasteiger partial charge in [0.2, 0.25) is 5.91 Å². The standard InChI is InChI=1S/C25H42ClF3N6O3S/c1-24(2)8-9-34(17-14-31-20-12-18(26)32-35(20)22(17)24)19-5-4-16(13-30-19)21(25(27,28)29)33(3)23(36)15-6-10-39(37,38)11-7-15/h15-22,30-32H,4-14H2,1-3H3/t16?,17?,18?,19?,20?,21-,22?/m0/s1. The van der Waals surface area contributed by atoms with Crippen LogP contribution >= 0.6 is 11.6 Å². The maximum atomic E-state index is 14.4. The zero-order valence-electron chi connectivity index (χ0n) is 22.9. The topological polar surface area (TPSA) is 97.0 Å². The number of alkyl halides is 4. The first-order valence-electron chi connectivity index (χ1n) is 14.1. The molecule has 224 valence electrons. The zero-order chi connectivity index (χ0) is 28.3. The Morgan fingerprint density at radius 3 is 2.36 bits per heavy atom. The van der Waals surface area contributed by atoms with Gasteiger partial charge in [-0.15, -0.1) is 11.6 Å². The van der Waals surface area contributed by atoms with Crippen molar-refractivity contribution in [1.82, 2.24) is 30.9 Å². The van der Waals surface area contributed by atoms with E-state index < -0.39 is 39.8 Å². The van der Waals surface area contributed by atoms with Crippen molar-refractivity contribution in [2.75, 3.05) is 38.2 Å². The Labute approximate surface area is 234 Å². The highest BCUT2D eigenvalue weighted by molar-refractivity contribution is 7.91. The third kappa shape index (κ3) is 5.96. The number of nitrogens with zero attached hydrogens (tertiary/aromatic N) is 3.